The number of carbonyl (C=O) groups excluding carboxylic acids is 1. The highest BCUT2D eigenvalue weighted by atomic mass is 32.2. The zero-order valence-corrected chi connectivity index (χ0v) is 9.27. The zero-order valence-electron chi connectivity index (χ0n) is 8.45. The first-order valence-electron chi connectivity index (χ1n) is 4.94. The third-order valence-electron chi connectivity index (χ3n) is 2.49. The van der Waals surface area contributed by atoms with Crippen molar-refractivity contribution in [2.45, 2.75) is 26.2 Å². The van der Waals surface area contributed by atoms with Crippen molar-refractivity contribution in [1.82, 2.24) is 5.32 Å². The summed E-state index contributed by atoms with van der Waals surface area (Å²) in [7, 11) is -2.74. The van der Waals surface area contributed by atoms with Gasteiger partial charge in [0.2, 0.25) is 5.91 Å². The fraction of sp³-hybridized carbons (Fsp3) is 0.889. The standard InChI is InChI=1S/C9H17NO3S/c1-8(11)10-5-2-3-9-4-6-14(12,13)7-9/h9H,2-7H2,1H3,(H,10,11). The number of sulfone groups is 1. The van der Waals surface area contributed by atoms with Gasteiger partial charge in [-0.3, -0.25) is 4.79 Å². The Kier molecular flexibility index (Phi) is 3.92. The maximum absolute atomic E-state index is 11.1. The molecule has 0 aliphatic carbocycles. The molecule has 0 aromatic heterocycles. The van der Waals surface area contributed by atoms with Crippen LogP contribution in [0.2, 0.25) is 0 Å². The van der Waals surface area contributed by atoms with Crippen LogP contribution in [0.5, 0.6) is 0 Å². The molecule has 1 N–H and O–H groups in total. The fourth-order valence-electron chi connectivity index (χ4n) is 1.75. The first kappa shape index (κ1) is 11.5. The summed E-state index contributed by atoms with van der Waals surface area (Å²) >= 11 is 0. The molecule has 0 aromatic carbocycles. The Hall–Kier alpha value is -0.580. The van der Waals surface area contributed by atoms with Crippen molar-refractivity contribution in [3.05, 3.63) is 0 Å². The maximum atomic E-state index is 11.1. The average Bonchev–Trinajstić information content (AvgIpc) is 2.39. The molecular formula is C9H17NO3S. The van der Waals surface area contributed by atoms with Crippen molar-refractivity contribution in [2.24, 2.45) is 5.92 Å². The van der Waals surface area contributed by atoms with Crippen molar-refractivity contribution in [3.8, 4) is 0 Å². The number of hydrogen-bond acceptors (Lipinski definition) is 3. The van der Waals surface area contributed by atoms with Gasteiger partial charge in [-0.2, -0.15) is 0 Å². The van der Waals surface area contributed by atoms with Crippen LogP contribution in [0.1, 0.15) is 26.2 Å². The minimum atomic E-state index is -2.74. The highest BCUT2D eigenvalue weighted by Gasteiger charge is 2.26. The van der Waals surface area contributed by atoms with Gasteiger partial charge in [0, 0.05) is 13.5 Å². The number of amides is 1. The van der Waals surface area contributed by atoms with Gasteiger partial charge in [-0.25, -0.2) is 8.42 Å². The highest BCUT2D eigenvalue weighted by Crippen LogP contribution is 2.22. The molecule has 1 aliphatic heterocycles. The van der Waals surface area contributed by atoms with Crippen molar-refractivity contribution in [3.63, 3.8) is 0 Å². The average molecular weight is 219 g/mol. The van der Waals surface area contributed by atoms with E-state index in [1.807, 2.05) is 0 Å². The third kappa shape index (κ3) is 4.09. The monoisotopic (exact) mass is 219 g/mol. The normalized spacial score (nSPS) is 24.8. The van der Waals surface area contributed by atoms with Crippen LogP contribution in [-0.4, -0.2) is 32.4 Å². The number of rotatable bonds is 4. The largest absolute Gasteiger partial charge is 0.356 e. The molecule has 1 heterocycles. The first-order chi connectivity index (χ1) is 6.49. The molecule has 1 rings (SSSR count). The van der Waals surface area contributed by atoms with E-state index in [2.05, 4.69) is 5.32 Å². The van der Waals surface area contributed by atoms with E-state index >= 15 is 0 Å². The molecule has 82 valence electrons. The highest BCUT2D eigenvalue weighted by molar-refractivity contribution is 7.91. The van der Waals surface area contributed by atoms with Gasteiger partial charge in [-0.15, -0.1) is 0 Å². The lowest BCUT2D eigenvalue weighted by molar-refractivity contribution is -0.118. The van der Waals surface area contributed by atoms with Gasteiger partial charge in [-0.1, -0.05) is 0 Å². The Morgan fingerprint density at radius 1 is 1.50 bits per heavy atom. The molecule has 1 saturated heterocycles. The molecule has 1 unspecified atom stereocenters. The Bertz CT molecular complexity index is 297. The summed E-state index contributed by atoms with van der Waals surface area (Å²) in [5.41, 5.74) is 0. The van der Waals surface area contributed by atoms with Gasteiger partial charge in [0.15, 0.2) is 9.84 Å². The zero-order chi connectivity index (χ0) is 10.6. The number of hydrogen-bond donors (Lipinski definition) is 1. The number of nitrogens with one attached hydrogen (secondary N) is 1. The van der Waals surface area contributed by atoms with Gasteiger partial charge < -0.3 is 5.32 Å². The summed E-state index contributed by atoms with van der Waals surface area (Å²) in [6, 6.07) is 0. The molecule has 1 atom stereocenters. The van der Waals surface area contributed by atoms with Gasteiger partial charge in [0.25, 0.3) is 0 Å². The molecule has 1 fully saturated rings. The SMILES string of the molecule is CC(=O)NCCCC1CCS(=O)(=O)C1. The molecule has 5 heteroatoms. The van der Waals surface area contributed by atoms with Crippen molar-refractivity contribution in [2.75, 3.05) is 18.1 Å². The lowest BCUT2D eigenvalue weighted by Gasteiger charge is -2.06. The predicted molar refractivity (Wildman–Crippen MR) is 54.7 cm³/mol. The van der Waals surface area contributed by atoms with Crippen molar-refractivity contribution in [1.29, 1.82) is 0 Å². The van der Waals surface area contributed by atoms with Gasteiger partial charge in [-0.05, 0) is 25.2 Å². The van der Waals surface area contributed by atoms with Crippen molar-refractivity contribution >= 4 is 15.7 Å². The quantitative estimate of drug-likeness (QED) is 0.693. The van der Waals surface area contributed by atoms with E-state index in [0.29, 0.717) is 24.0 Å². The van der Waals surface area contributed by atoms with Gasteiger partial charge >= 0.3 is 0 Å². The lowest BCUT2D eigenvalue weighted by Crippen LogP contribution is -2.21. The number of carbonyl (C=O) groups is 1. The summed E-state index contributed by atoms with van der Waals surface area (Å²) in [4.78, 5) is 10.5. The second-order valence-electron chi connectivity index (χ2n) is 3.89. The summed E-state index contributed by atoms with van der Waals surface area (Å²) in [6.07, 6.45) is 2.57. The predicted octanol–water partition coefficient (Wildman–Crippen LogP) is 0.337. The van der Waals surface area contributed by atoms with Crippen LogP contribution in [-0.2, 0) is 14.6 Å². The van der Waals surface area contributed by atoms with E-state index < -0.39 is 9.84 Å². The summed E-state index contributed by atoms with van der Waals surface area (Å²) in [5.74, 6) is 0.975. The Morgan fingerprint density at radius 3 is 2.71 bits per heavy atom. The minimum absolute atomic E-state index is 0.0240. The summed E-state index contributed by atoms with van der Waals surface area (Å²) in [6.45, 7) is 2.14. The van der Waals surface area contributed by atoms with Crippen LogP contribution in [0.25, 0.3) is 0 Å². The molecular weight excluding hydrogens is 202 g/mol. The molecule has 14 heavy (non-hydrogen) atoms. The smallest absolute Gasteiger partial charge is 0.216 e. The van der Waals surface area contributed by atoms with Crippen LogP contribution < -0.4 is 5.32 Å². The van der Waals surface area contributed by atoms with E-state index in [1.165, 1.54) is 6.92 Å². The third-order valence-corrected chi connectivity index (χ3v) is 4.33. The molecule has 4 nitrogen and oxygen atoms in total. The summed E-state index contributed by atoms with van der Waals surface area (Å²) < 4.78 is 22.2. The van der Waals surface area contributed by atoms with Crippen LogP contribution in [0.3, 0.4) is 0 Å². The molecule has 0 saturated carbocycles. The lowest BCUT2D eigenvalue weighted by atomic mass is 10.0. The van der Waals surface area contributed by atoms with Crippen LogP contribution in [0, 0.1) is 5.92 Å². The van der Waals surface area contributed by atoms with E-state index in [4.69, 9.17) is 0 Å². The van der Waals surface area contributed by atoms with Gasteiger partial charge in [0.1, 0.15) is 0 Å². The maximum Gasteiger partial charge on any atom is 0.216 e. The van der Waals surface area contributed by atoms with Gasteiger partial charge in [0.05, 0.1) is 11.5 Å². The molecule has 1 aliphatic rings. The van der Waals surface area contributed by atoms with Crippen molar-refractivity contribution < 1.29 is 13.2 Å². The Labute approximate surface area is 85.0 Å². The first-order valence-corrected chi connectivity index (χ1v) is 6.76. The molecule has 1 amide bonds. The summed E-state index contributed by atoms with van der Waals surface area (Å²) in [5, 5.41) is 2.70. The van der Waals surface area contributed by atoms with E-state index in [9.17, 15) is 13.2 Å². The molecule has 0 aromatic rings. The molecule has 0 bridgehead atoms. The molecule has 0 radical (unpaired) electrons. The van der Waals surface area contributed by atoms with Crippen LogP contribution in [0.15, 0.2) is 0 Å². The van der Waals surface area contributed by atoms with Crippen LogP contribution in [0.4, 0.5) is 0 Å². The Balaban J connectivity index is 2.12. The second-order valence-corrected chi connectivity index (χ2v) is 6.12. The second kappa shape index (κ2) is 4.77. The Morgan fingerprint density at radius 2 is 2.21 bits per heavy atom. The minimum Gasteiger partial charge on any atom is -0.356 e. The van der Waals surface area contributed by atoms with E-state index in [-0.39, 0.29) is 5.91 Å². The van der Waals surface area contributed by atoms with E-state index in [0.717, 1.165) is 19.3 Å². The topological polar surface area (TPSA) is 63.2 Å². The molecule has 0 spiro atoms. The van der Waals surface area contributed by atoms with E-state index in [1.54, 1.807) is 0 Å². The fourth-order valence-corrected chi connectivity index (χ4v) is 3.67. The van der Waals surface area contributed by atoms with Crippen LogP contribution >= 0.6 is 0 Å².